The molecule has 1 saturated heterocycles. The quantitative estimate of drug-likeness (QED) is 0.670. The van der Waals surface area contributed by atoms with Crippen LogP contribution >= 0.6 is 0 Å². The largest absolute Gasteiger partial charge is 0.388 e. The highest BCUT2D eigenvalue weighted by Crippen LogP contribution is 2.53. The van der Waals surface area contributed by atoms with Gasteiger partial charge in [-0.25, -0.2) is 12.8 Å². The number of sulfonamides is 1. The minimum atomic E-state index is -3.27. The minimum absolute atomic E-state index is 0.286. The summed E-state index contributed by atoms with van der Waals surface area (Å²) in [5, 5.41) is 10.6. The highest BCUT2D eigenvalue weighted by atomic mass is 32.2. The van der Waals surface area contributed by atoms with Crippen LogP contribution < -0.4 is 4.72 Å². The third-order valence-corrected chi connectivity index (χ3v) is 9.51. The van der Waals surface area contributed by atoms with Crippen LogP contribution in [0.15, 0.2) is 48.5 Å². The topological polar surface area (TPSA) is 69.6 Å². The van der Waals surface area contributed by atoms with Gasteiger partial charge in [0.15, 0.2) is 0 Å². The SMILES string of the molecule is CCC1C2CN(CC3(O)Cc4ccccc4C3)CC12.O=S(=O)(Nc1cccc(F)c1)C1CC1. The monoisotopic (exact) mass is 472 g/mol. The van der Waals surface area contributed by atoms with Crippen LogP contribution in [0.5, 0.6) is 0 Å². The molecule has 1 heterocycles. The summed E-state index contributed by atoms with van der Waals surface area (Å²) in [6.07, 6.45) is 4.42. The highest BCUT2D eigenvalue weighted by molar-refractivity contribution is 7.93. The van der Waals surface area contributed by atoms with E-state index in [1.54, 1.807) is 0 Å². The van der Waals surface area contributed by atoms with E-state index in [-0.39, 0.29) is 10.9 Å². The molecule has 0 aromatic heterocycles. The number of piperidine rings is 1. The van der Waals surface area contributed by atoms with Gasteiger partial charge in [-0.3, -0.25) is 9.62 Å². The predicted molar refractivity (Wildman–Crippen MR) is 128 cm³/mol. The second-order valence-corrected chi connectivity index (χ2v) is 12.3. The zero-order valence-electron chi connectivity index (χ0n) is 19.1. The van der Waals surface area contributed by atoms with Crippen LogP contribution in [0.4, 0.5) is 10.1 Å². The van der Waals surface area contributed by atoms with Crippen molar-refractivity contribution in [3.63, 3.8) is 0 Å². The van der Waals surface area contributed by atoms with Gasteiger partial charge in [-0.1, -0.05) is 43.7 Å². The van der Waals surface area contributed by atoms with Crippen LogP contribution in [-0.2, 0) is 22.9 Å². The molecule has 5 nitrogen and oxygen atoms in total. The second kappa shape index (κ2) is 8.67. The highest BCUT2D eigenvalue weighted by Gasteiger charge is 2.55. The Morgan fingerprint density at radius 1 is 1.06 bits per heavy atom. The lowest BCUT2D eigenvalue weighted by atomic mass is 9.99. The summed E-state index contributed by atoms with van der Waals surface area (Å²) >= 11 is 0. The van der Waals surface area contributed by atoms with E-state index in [2.05, 4.69) is 40.8 Å². The molecule has 2 N–H and O–H groups in total. The van der Waals surface area contributed by atoms with Crippen LogP contribution in [0.1, 0.15) is 37.3 Å². The molecule has 0 bridgehead atoms. The summed E-state index contributed by atoms with van der Waals surface area (Å²) in [6.45, 7) is 5.63. The number of β-amino-alcohol motifs (C(OH)–C–C–N with tert-alkyl or cyclic N) is 1. The molecule has 33 heavy (non-hydrogen) atoms. The van der Waals surface area contributed by atoms with E-state index in [1.165, 1.54) is 54.9 Å². The standard InChI is InChI=1S/C17H23NO.C9H10FNO2S/c1-2-14-15-9-18(10-16(14)15)11-17(19)7-12-5-3-4-6-13(12)8-17;10-7-2-1-3-8(6-7)11-14(12,13)9-4-5-9/h3-6,14-16,19H,2,7-11H2,1H3;1-3,6,9,11H,4-5H2. The molecule has 2 aromatic rings. The summed E-state index contributed by atoms with van der Waals surface area (Å²) in [5.74, 6) is 2.43. The number of fused-ring (bicyclic) bond motifs is 2. The molecule has 6 rings (SSSR count). The number of aliphatic hydroxyl groups is 1. The van der Waals surface area contributed by atoms with Crippen LogP contribution in [-0.4, -0.2) is 48.9 Å². The fraction of sp³-hybridized carbons (Fsp3) is 0.538. The van der Waals surface area contributed by atoms with E-state index in [0.717, 1.165) is 37.1 Å². The Hall–Kier alpha value is -1.96. The molecular weight excluding hydrogens is 439 g/mol. The van der Waals surface area contributed by atoms with Crippen molar-refractivity contribution in [3.05, 3.63) is 65.5 Å². The molecule has 3 fully saturated rings. The van der Waals surface area contributed by atoms with Crippen molar-refractivity contribution in [2.24, 2.45) is 17.8 Å². The van der Waals surface area contributed by atoms with Crippen LogP contribution in [0.3, 0.4) is 0 Å². The van der Waals surface area contributed by atoms with Gasteiger partial charge in [0.05, 0.1) is 16.5 Å². The third-order valence-electron chi connectivity index (χ3n) is 7.64. The number of rotatable bonds is 6. The maximum Gasteiger partial charge on any atom is 0.235 e. The average Bonchev–Trinajstić information content (AvgIpc) is 3.65. The molecule has 7 heteroatoms. The summed E-state index contributed by atoms with van der Waals surface area (Å²) < 4.78 is 38.0. The number of hydrogen-bond donors (Lipinski definition) is 2. The third kappa shape index (κ3) is 5.10. The fourth-order valence-electron chi connectivity index (χ4n) is 5.85. The predicted octanol–water partition coefficient (Wildman–Crippen LogP) is 3.83. The van der Waals surface area contributed by atoms with Crippen molar-refractivity contribution in [1.29, 1.82) is 0 Å². The Morgan fingerprint density at radius 3 is 2.24 bits per heavy atom. The van der Waals surface area contributed by atoms with Crippen molar-refractivity contribution < 1.29 is 17.9 Å². The lowest BCUT2D eigenvalue weighted by Gasteiger charge is -2.30. The number of halogens is 1. The molecule has 2 saturated carbocycles. The molecule has 0 radical (unpaired) electrons. The molecule has 2 atom stereocenters. The molecule has 0 amide bonds. The fourth-order valence-corrected chi connectivity index (χ4v) is 7.23. The number of anilines is 1. The second-order valence-electron chi connectivity index (χ2n) is 10.3. The molecule has 1 aliphatic heterocycles. The summed E-state index contributed by atoms with van der Waals surface area (Å²) in [4.78, 5) is 2.51. The first-order valence-electron chi connectivity index (χ1n) is 12.0. The van der Waals surface area contributed by atoms with Crippen molar-refractivity contribution in [2.75, 3.05) is 24.4 Å². The first-order valence-corrected chi connectivity index (χ1v) is 13.6. The maximum absolute atomic E-state index is 12.7. The number of nitrogens with one attached hydrogen (secondary N) is 1. The molecule has 4 aliphatic rings. The van der Waals surface area contributed by atoms with Gasteiger partial charge in [0.25, 0.3) is 0 Å². The molecule has 0 spiro atoms. The number of hydrogen-bond acceptors (Lipinski definition) is 4. The lowest BCUT2D eigenvalue weighted by Crippen LogP contribution is -2.44. The van der Waals surface area contributed by atoms with Gasteiger partial charge in [0.1, 0.15) is 5.82 Å². The average molecular weight is 473 g/mol. The summed E-state index contributed by atoms with van der Waals surface area (Å²) in [7, 11) is -3.27. The Kier molecular flexibility index (Phi) is 6.00. The van der Waals surface area contributed by atoms with E-state index in [1.807, 2.05) is 0 Å². The minimum Gasteiger partial charge on any atom is -0.388 e. The number of nitrogens with zero attached hydrogens (tertiary/aromatic N) is 1. The van der Waals surface area contributed by atoms with Gasteiger partial charge in [-0.15, -0.1) is 0 Å². The smallest absolute Gasteiger partial charge is 0.235 e. The normalized spacial score (nSPS) is 27.3. The molecule has 3 aliphatic carbocycles. The first kappa shape index (κ1) is 22.8. The van der Waals surface area contributed by atoms with Crippen molar-refractivity contribution in [2.45, 2.75) is 49.9 Å². The van der Waals surface area contributed by atoms with Crippen LogP contribution in [0.25, 0.3) is 0 Å². The number of likely N-dealkylation sites (tertiary alicyclic amines) is 1. The zero-order valence-corrected chi connectivity index (χ0v) is 19.9. The Balaban J connectivity index is 0.000000146. The molecule has 2 aromatic carbocycles. The Morgan fingerprint density at radius 2 is 1.70 bits per heavy atom. The van der Waals surface area contributed by atoms with E-state index in [4.69, 9.17) is 0 Å². The van der Waals surface area contributed by atoms with Gasteiger partial charge in [-0.05, 0) is 59.9 Å². The van der Waals surface area contributed by atoms with Gasteiger partial charge < -0.3 is 5.11 Å². The lowest BCUT2D eigenvalue weighted by molar-refractivity contribution is 0.0146. The first-order chi connectivity index (χ1) is 15.8. The van der Waals surface area contributed by atoms with E-state index in [9.17, 15) is 17.9 Å². The molecule has 178 valence electrons. The van der Waals surface area contributed by atoms with E-state index in [0.29, 0.717) is 12.8 Å². The van der Waals surface area contributed by atoms with Crippen molar-refractivity contribution >= 4 is 15.7 Å². The van der Waals surface area contributed by atoms with Gasteiger partial charge in [-0.2, -0.15) is 0 Å². The van der Waals surface area contributed by atoms with Crippen molar-refractivity contribution in [3.8, 4) is 0 Å². The zero-order chi connectivity index (χ0) is 23.2. The number of benzene rings is 2. The Bertz CT molecular complexity index is 1080. The van der Waals surface area contributed by atoms with Crippen molar-refractivity contribution in [1.82, 2.24) is 4.90 Å². The van der Waals surface area contributed by atoms with Gasteiger partial charge in [0.2, 0.25) is 10.0 Å². The van der Waals surface area contributed by atoms with Crippen LogP contribution in [0, 0.1) is 23.6 Å². The van der Waals surface area contributed by atoms with E-state index >= 15 is 0 Å². The van der Waals surface area contributed by atoms with Gasteiger partial charge >= 0.3 is 0 Å². The summed E-state index contributed by atoms with van der Waals surface area (Å²) in [6, 6.07) is 13.9. The van der Waals surface area contributed by atoms with Crippen LogP contribution in [0.2, 0.25) is 0 Å². The molecule has 2 unspecified atom stereocenters. The Labute approximate surface area is 196 Å². The van der Waals surface area contributed by atoms with E-state index < -0.39 is 21.4 Å². The molecular formula is C26H33FN2O3S. The summed E-state index contributed by atoms with van der Waals surface area (Å²) in [5.41, 5.74) is 2.47. The van der Waals surface area contributed by atoms with Gasteiger partial charge in [0, 0.05) is 32.5 Å². The maximum atomic E-state index is 12.7.